The molecule has 0 unspecified atom stereocenters. The maximum Gasteiger partial charge on any atom is 0.285 e. The van der Waals surface area contributed by atoms with Crippen LogP contribution in [-0.2, 0) is 9.47 Å². The van der Waals surface area contributed by atoms with E-state index in [0.717, 1.165) is 6.54 Å². The molecule has 92 valence electrons. The van der Waals surface area contributed by atoms with Crippen LogP contribution in [0.2, 0.25) is 0 Å². The molecule has 0 spiro atoms. The maximum atomic E-state index is 5.36. The molecule has 0 bridgehead atoms. The smallest absolute Gasteiger partial charge is 0.285 e. The van der Waals surface area contributed by atoms with Gasteiger partial charge in [0.1, 0.15) is 0 Å². The van der Waals surface area contributed by atoms with Crippen LogP contribution in [0.15, 0.2) is 4.52 Å². The van der Waals surface area contributed by atoms with Crippen molar-refractivity contribution in [1.29, 1.82) is 0 Å². The van der Waals surface area contributed by atoms with Gasteiger partial charge in [-0.05, 0) is 25.9 Å². The zero-order valence-electron chi connectivity index (χ0n) is 10.3. The number of hydrogen-bond acceptors (Lipinski definition) is 6. The molecular weight excluding hydrogens is 210 g/mol. The summed E-state index contributed by atoms with van der Waals surface area (Å²) in [4.78, 5) is 6.09. The zero-order chi connectivity index (χ0) is 12.0. The van der Waals surface area contributed by atoms with E-state index in [2.05, 4.69) is 10.1 Å². The van der Waals surface area contributed by atoms with Crippen molar-refractivity contribution in [1.82, 2.24) is 10.1 Å². The predicted octanol–water partition coefficient (Wildman–Crippen LogP) is 1.60. The summed E-state index contributed by atoms with van der Waals surface area (Å²) in [6.07, 6.45) is -0.568. The molecule has 0 aliphatic heterocycles. The van der Waals surface area contributed by atoms with Crippen molar-refractivity contribution in [2.75, 3.05) is 31.7 Å². The van der Waals surface area contributed by atoms with Crippen molar-refractivity contribution in [3.05, 3.63) is 5.89 Å². The third-order valence-electron chi connectivity index (χ3n) is 2.08. The highest BCUT2D eigenvalue weighted by Gasteiger charge is 2.20. The Labute approximate surface area is 95.5 Å². The van der Waals surface area contributed by atoms with Gasteiger partial charge in [-0.15, -0.1) is 0 Å². The Morgan fingerprint density at radius 3 is 2.38 bits per heavy atom. The van der Waals surface area contributed by atoms with Gasteiger partial charge in [0.25, 0.3) is 11.8 Å². The van der Waals surface area contributed by atoms with Crippen molar-refractivity contribution < 1.29 is 14.0 Å². The lowest BCUT2D eigenvalue weighted by Crippen LogP contribution is -2.17. The summed E-state index contributed by atoms with van der Waals surface area (Å²) < 4.78 is 15.8. The Hall–Kier alpha value is -1.14. The van der Waals surface area contributed by atoms with Gasteiger partial charge < -0.3 is 18.9 Å². The van der Waals surface area contributed by atoms with Gasteiger partial charge in [-0.25, -0.2) is 0 Å². The van der Waals surface area contributed by atoms with Crippen LogP contribution in [0.3, 0.4) is 0 Å². The fraction of sp³-hybridized carbons (Fsp3) is 0.800. The zero-order valence-corrected chi connectivity index (χ0v) is 10.3. The maximum absolute atomic E-state index is 5.36. The first kappa shape index (κ1) is 12.9. The average molecular weight is 229 g/mol. The van der Waals surface area contributed by atoms with E-state index in [9.17, 15) is 0 Å². The average Bonchev–Trinajstić information content (AvgIpc) is 2.77. The standard InChI is InChI=1S/C10H19N3O3/c1-5-13(4)10-11-8(16-12-10)9(14-6-2)15-7-3/h9H,5-7H2,1-4H3. The second-order valence-electron chi connectivity index (χ2n) is 3.19. The van der Waals surface area contributed by atoms with E-state index in [1.165, 1.54) is 0 Å². The minimum atomic E-state index is -0.568. The number of nitrogens with zero attached hydrogens (tertiary/aromatic N) is 3. The van der Waals surface area contributed by atoms with E-state index in [1.807, 2.05) is 32.7 Å². The summed E-state index contributed by atoms with van der Waals surface area (Å²) in [5.41, 5.74) is 0. The highest BCUT2D eigenvalue weighted by Crippen LogP contribution is 2.19. The van der Waals surface area contributed by atoms with Gasteiger partial charge in [-0.3, -0.25) is 0 Å². The Balaban J connectivity index is 2.72. The van der Waals surface area contributed by atoms with Gasteiger partial charge in [-0.1, -0.05) is 0 Å². The van der Waals surface area contributed by atoms with Crippen molar-refractivity contribution in [3.8, 4) is 0 Å². The number of hydrogen-bond donors (Lipinski definition) is 0. The molecule has 0 saturated heterocycles. The van der Waals surface area contributed by atoms with Crippen molar-refractivity contribution in [2.45, 2.75) is 27.1 Å². The summed E-state index contributed by atoms with van der Waals surface area (Å²) in [5.74, 6) is 0.904. The predicted molar refractivity (Wildman–Crippen MR) is 59.2 cm³/mol. The summed E-state index contributed by atoms with van der Waals surface area (Å²) >= 11 is 0. The number of rotatable bonds is 7. The first-order valence-electron chi connectivity index (χ1n) is 5.50. The summed E-state index contributed by atoms with van der Waals surface area (Å²) in [5, 5.41) is 3.85. The monoisotopic (exact) mass is 229 g/mol. The fourth-order valence-electron chi connectivity index (χ4n) is 1.11. The third kappa shape index (κ3) is 3.18. The highest BCUT2D eigenvalue weighted by molar-refractivity contribution is 5.25. The second kappa shape index (κ2) is 6.44. The molecule has 1 aromatic heterocycles. The Bertz CT molecular complexity index is 297. The van der Waals surface area contributed by atoms with Crippen LogP contribution in [0, 0.1) is 0 Å². The molecule has 0 atom stereocenters. The number of aromatic nitrogens is 2. The molecule has 0 aliphatic rings. The summed E-state index contributed by atoms with van der Waals surface area (Å²) in [7, 11) is 1.89. The molecule has 6 nitrogen and oxygen atoms in total. The SMILES string of the molecule is CCOC(OCC)c1nc(N(C)CC)no1. The molecule has 0 fully saturated rings. The van der Waals surface area contributed by atoms with E-state index < -0.39 is 6.29 Å². The van der Waals surface area contributed by atoms with E-state index in [-0.39, 0.29) is 0 Å². The van der Waals surface area contributed by atoms with Gasteiger partial charge in [0.05, 0.1) is 0 Å². The molecule has 1 aromatic rings. The second-order valence-corrected chi connectivity index (χ2v) is 3.19. The van der Waals surface area contributed by atoms with Gasteiger partial charge in [-0.2, -0.15) is 4.98 Å². The van der Waals surface area contributed by atoms with Crippen LogP contribution < -0.4 is 4.90 Å². The topological polar surface area (TPSA) is 60.6 Å². The lowest BCUT2D eigenvalue weighted by atomic mass is 10.6. The van der Waals surface area contributed by atoms with E-state index >= 15 is 0 Å². The Morgan fingerprint density at radius 2 is 1.88 bits per heavy atom. The van der Waals surface area contributed by atoms with Crippen molar-refractivity contribution in [2.24, 2.45) is 0 Å². The van der Waals surface area contributed by atoms with Gasteiger partial charge in [0.2, 0.25) is 6.29 Å². The van der Waals surface area contributed by atoms with Crippen LogP contribution in [-0.4, -0.2) is 36.9 Å². The van der Waals surface area contributed by atoms with Gasteiger partial charge >= 0.3 is 0 Å². The third-order valence-corrected chi connectivity index (χ3v) is 2.08. The molecule has 1 rings (SSSR count). The molecule has 0 saturated carbocycles. The molecule has 0 radical (unpaired) electrons. The Kier molecular flexibility index (Phi) is 5.21. The number of ether oxygens (including phenoxy) is 2. The molecule has 0 N–H and O–H groups in total. The largest absolute Gasteiger partial charge is 0.345 e. The molecule has 6 heteroatoms. The van der Waals surface area contributed by atoms with E-state index in [1.54, 1.807) is 0 Å². The van der Waals surface area contributed by atoms with Crippen molar-refractivity contribution >= 4 is 5.95 Å². The van der Waals surface area contributed by atoms with E-state index in [4.69, 9.17) is 14.0 Å². The van der Waals surface area contributed by atoms with Gasteiger partial charge in [0.15, 0.2) is 0 Å². The van der Waals surface area contributed by atoms with Crippen LogP contribution in [0.5, 0.6) is 0 Å². The molecule has 1 heterocycles. The first-order valence-corrected chi connectivity index (χ1v) is 5.50. The summed E-state index contributed by atoms with van der Waals surface area (Å²) in [6, 6.07) is 0. The van der Waals surface area contributed by atoms with Crippen LogP contribution in [0.4, 0.5) is 5.95 Å². The van der Waals surface area contributed by atoms with Crippen LogP contribution in [0.25, 0.3) is 0 Å². The molecular formula is C10H19N3O3. The highest BCUT2D eigenvalue weighted by atomic mass is 16.7. The molecule has 16 heavy (non-hydrogen) atoms. The summed E-state index contributed by atoms with van der Waals surface area (Å²) in [6.45, 7) is 7.67. The quantitative estimate of drug-likeness (QED) is 0.662. The minimum Gasteiger partial charge on any atom is -0.345 e. The molecule has 0 aromatic carbocycles. The van der Waals surface area contributed by atoms with Gasteiger partial charge in [0, 0.05) is 26.8 Å². The Morgan fingerprint density at radius 1 is 1.25 bits per heavy atom. The van der Waals surface area contributed by atoms with Crippen molar-refractivity contribution in [3.63, 3.8) is 0 Å². The van der Waals surface area contributed by atoms with Crippen LogP contribution in [0.1, 0.15) is 33.0 Å². The lowest BCUT2D eigenvalue weighted by molar-refractivity contribution is -0.155. The lowest BCUT2D eigenvalue weighted by Gasteiger charge is -2.12. The fourth-order valence-corrected chi connectivity index (χ4v) is 1.11. The molecule has 0 aliphatic carbocycles. The minimum absolute atomic E-state index is 0.360. The first-order chi connectivity index (χ1) is 7.72. The normalized spacial score (nSPS) is 11.1. The van der Waals surface area contributed by atoms with Crippen LogP contribution >= 0.6 is 0 Å². The number of anilines is 1. The van der Waals surface area contributed by atoms with E-state index in [0.29, 0.717) is 25.1 Å². The molecule has 0 amide bonds.